The minimum Gasteiger partial charge on any atom is -0.381 e. The number of carbonyl (C=O) groups excluding carboxylic acids is 1. The van der Waals surface area contributed by atoms with Crippen LogP contribution in [0.25, 0.3) is 5.70 Å². The molecule has 0 bridgehead atoms. The highest BCUT2D eigenvalue weighted by molar-refractivity contribution is 7.89. The normalized spacial score (nSPS) is 15.6. The summed E-state index contributed by atoms with van der Waals surface area (Å²) in [6.07, 6.45) is 0. The fourth-order valence-corrected chi connectivity index (χ4v) is 3.91. The van der Waals surface area contributed by atoms with Gasteiger partial charge in [-0.25, -0.2) is 8.42 Å². The standard InChI is InChI=1S/C18H18N2O3S/c1-12(2)19-16-14-10-6-7-11-15(14)24(22,23)20-17(16)18(21)13-8-4-3-5-9-13/h3-12,19-20H,1-2H3. The van der Waals surface area contributed by atoms with Crippen LogP contribution in [0.15, 0.2) is 65.2 Å². The van der Waals surface area contributed by atoms with E-state index in [1.54, 1.807) is 48.5 Å². The lowest BCUT2D eigenvalue weighted by Crippen LogP contribution is -2.37. The van der Waals surface area contributed by atoms with Gasteiger partial charge in [-0.05, 0) is 19.9 Å². The van der Waals surface area contributed by atoms with E-state index in [0.717, 1.165) is 0 Å². The van der Waals surface area contributed by atoms with Gasteiger partial charge in [0.05, 0.1) is 10.6 Å². The average molecular weight is 342 g/mol. The third-order valence-electron chi connectivity index (χ3n) is 3.63. The lowest BCUT2D eigenvalue weighted by atomic mass is 10.0. The van der Waals surface area contributed by atoms with E-state index in [2.05, 4.69) is 10.0 Å². The molecule has 0 amide bonds. The number of hydrogen-bond acceptors (Lipinski definition) is 4. The van der Waals surface area contributed by atoms with Crippen LogP contribution in [0.5, 0.6) is 0 Å². The molecule has 0 atom stereocenters. The molecule has 0 aromatic heterocycles. The van der Waals surface area contributed by atoms with Gasteiger partial charge in [0.2, 0.25) is 5.78 Å². The molecule has 0 spiro atoms. The summed E-state index contributed by atoms with van der Waals surface area (Å²) < 4.78 is 27.5. The second-order valence-corrected chi connectivity index (χ2v) is 7.50. The van der Waals surface area contributed by atoms with Gasteiger partial charge in [-0.3, -0.25) is 9.52 Å². The topological polar surface area (TPSA) is 75.3 Å². The van der Waals surface area contributed by atoms with Gasteiger partial charge in [-0.15, -0.1) is 0 Å². The van der Waals surface area contributed by atoms with Crippen LogP contribution in [0.2, 0.25) is 0 Å². The zero-order valence-corrected chi connectivity index (χ0v) is 14.2. The van der Waals surface area contributed by atoms with Crippen molar-refractivity contribution >= 4 is 21.5 Å². The Labute approximate surface area is 141 Å². The molecule has 3 rings (SSSR count). The van der Waals surface area contributed by atoms with E-state index in [1.165, 1.54) is 6.07 Å². The Hall–Kier alpha value is -2.60. The first-order chi connectivity index (χ1) is 11.4. The number of carbonyl (C=O) groups is 1. The number of allylic oxidation sites excluding steroid dienone is 1. The lowest BCUT2D eigenvalue weighted by molar-refractivity contribution is 0.103. The van der Waals surface area contributed by atoms with Crippen molar-refractivity contribution in [2.45, 2.75) is 24.8 Å². The van der Waals surface area contributed by atoms with Crippen LogP contribution in [0.4, 0.5) is 0 Å². The predicted octanol–water partition coefficient (Wildman–Crippen LogP) is 2.53. The Balaban J connectivity index is 2.23. The predicted molar refractivity (Wildman–Crippen MR) is 92.7 cm³/mol. The van der Waals surface area contributed by atoms with Crippen molar-refractivity contribution in [2.24, 2.45) is 0 Å². The number of Topliss-reactive ketones (excluding diaryl/α,β-unsaturated/α-hetero) is 1. The zero-order chi connectivity index (χ0) is 17.3. The minimum atomic E-state index is -3.78. The van der Waals surface area contributed by atoms with Crippen molar-refractivity contribution < 1.29 is 13.2 Å². The molecule has 0 aliphatic carbocycles. The van der Waals surface area contributed by atoms with E-state index < -0.39 is 10.0 Å². The number of sulfonamides is 1. The fourth-order valence-electron chi connectivity index (χ4n) is 2.61. The van der Waals surface area contributed by atoms with Crippen LogP contribution in [-0.4, -0.2) is 20.2 Å². The van der Waals surface area contributed by atoms with Crippen molar-refractivity contribution in [3.05, 3.63) is 71.4 Å². The van der Waals surface area contributed by atoms with Crippen LogP contribution < -0.4 is 10.0 Å². The number of nitrogens with one attached hydrogen (secondary N) is 2. The van der Waals surface area contributed by atoms with Gasteiger partial charge in [0.25, 0.3) is 10.0 Å². The Morgan fingerprint density at radius 3 is 2.29 bits per heavy atom. The van der Waals surface area contributed by atoms with Crippen LogP contribution in [0, 0.1) is 0 Å². The smallest absolute Gasteiger partial charge is 0.262 e. The highest BCUT2D eigenvalue weighted by Crippen LogP contribution is 2.30. The van der Waals surface area contributed by atoms with Crippen molar-refractivity contribution in [1.29, 1.82) is 0 Å². The largest absolute Gasteiger partial charge is 0.381 e. The fraction of sp³-hybridized carbons (Fsp3) is 0.167. The molecule has 124 valence electrons. The van der Waals surface area contributed by atoms with Crippen molar-refractivity contribution in [2.75, 3.05) is 0 Å². The molecular weight excluding hydrogens is 324 g/mol. The number of hydrogen-bond donors (Lipinski definition) is 2. The molecule has 0 unspecified atom stereocenters. The van der Waals surface area contributed by atoms with Crippen molar-refractivity contribution in [1.82, 2.24) is 10.0 Å². The highest BCUT2D eigenvalue weighted by Gasteiger charge is 2.32. The maximum Gasteiger partial charge on any atom is 0.262 e. The Kier molecular flexibility index (Phi) is 4.15. The van der Waals surface area contributed by atoms with Gasteiger partial charge in [0.1, 0.15) is 5.70 Å². The summed E-state index contributed by atoms with van der Waals surface area (Å²) in [6, 6.07) is 15.3. The highest BCUT2D eigenvalue weighted by atomic mass is 32.2. The lowest BCUT2D eigenvalue weighted by Gasteiger charge is -2.26. The first-order valence-corrected chi connectivity index (χ1v) is 9.11. The van der Waals surface area contributed by atoms with Crippen LogP contribution in [0.3, 0.4) is 0 Å². The monoisotopic (exact) mass is 342 g/mol. The summed E-state index contributed by atoms with van der Waals surface area (Å²) in [5, 5.41) is 3.21. The molecule has 1 aliphatic heterocycles. The first-order valence-electron chi connectivity index (χ1n) is 7.63. The van der Waals surface area contributed by atoms with Crippen LogP contribution in [-0.2, 0) is 10.0 Å². The molecule has 2 N–H and O–H groups in total. The summed E-state index contributed by atoms with van der Waals surface area (Å²) in [5.74, 6) is -0.364. The molecule has 6 heteroatoms. The molecule has 2 aromatic carbocycles. The van der Waals surface area contributed by atoms with E-state index in [0.29, 0.717) is 16.8 Å². The molecule has 0 fully saturated rings. The molecular formula is C18H18N2O3S. The van der Waals surface area contributed by atoms with E-state index in [9.17, 15) is 13.2 Å². The Morgan fingerprint density at radius 2 is 1.62 bits per heavy atom. The quantitative estimate of drug-likeness (QED) is 0.837. The molecule has 0 saturated heterocycles. The van der Waals surface area contributed by atoms with E-state index in [-0.39, 0.29) is 22.4 Å². The minimum absolute atomic E-state index is 0.0363. The van der Waals surface area contributed by atoms with E-state index >= 15 is 0 Å². The molecule has 1 heterocycles. The zero-order valence-electron chi connectivity index (χ0n) is 13.4. The van der Waals surface area contributed by atoms with Gasteiger partial charge in [-0.1, -0.05) is 48.5 Å². The van der Waals surface area contributed by atoms with Crippen molar-refractivity contribution in [3.8, 4) is 0 Å². The first kappa shape index (κ1) is 16.3. The van der Waals surface area contributed by atoms with Crippen LogP contribution >= 0.6 is 0 Å². The third-order valence-corrected chi connectivity index (χ3v) is 5.04. The van der Waals surface area contributed by atoms with Gasteiger partial charge >= 0.3 is 0 Å². The summed E-state index contributed by atoms with van der Waals surface area (Å²) in [7, 11) is -3.78. The average Bonchev–Trinajstić information content (AvgIpc) is 2.57. The number of rotatable bonds is 4. The van der Waals surface area contributed by atoms with E-state index in [4.69, 9.17) is 0 Å². The number of benzene rings is 2. The van der Waals surface area contributed by atoms with Crippen LogP contribution in [0.1, 0.15) is 29.8 Å². The summed E-state index contributed by atoms with van der Waals surface area (Å²) >= 11 is 0. The summed E-state index contributed by atoms with van der Waals surface area (Å²) in [5.41, 5.74) is 1.49. The van der Waals surface area contributed by atoms with Gasteiger partial charge in [0.15, 0.2) is 0 Å². The van der Waals surface area contributed by atoms with Gasteiger partial charge in [0, 0.05) is 17.2 Å². The third kappa shape index (κ3) is 2.92. The SMILES string of the molecule is CC(C)NC1=C(C(=O)c2ccccc2)NS(=O)(=O)c2ccccc21. The van der Waals surface area contributed by atoms with Crippen molar-refractivity contribution in [3.63, 3.8) is 0 Å². The van der Waals surface area contributed by atoms with Gasteiger partial charge in [-0.2, -0.15) is 0 Å². The molecule has 24 heavy (non-hydrogen) atoms. The molecule has 2 aromatic rings. The van der Waals surface area contributed by atoms with E-state index in [1.807, 2.05) is 13.8 Å². The second-order valence-electron chi connectivity index (χ2n) is 5.85. The maximum absolute atomic E-state index is 12.9. The maximum atomic E-state index is 12.9. The Morgan fingerprint density at radius 1 is 1.00 bits per heavy atom. The summed E-state index contributed by atoms with van der Waals surface area (Å²) in [6.45, 7) is 3.87. The summed E-state index contributed by atoms with van der Waals surface area (Å²) in [4.78, 5) is 13.0. The molecule has 1 aliphatic rings. The molecule has 5 nitrogen and oxygen atoms in total. The Bertz CT molecular complexity index is 916. The molecule has 0 saturated carbocycles. The number of fused-ring (bicyclic) bond motifs is 1. The molecule has 0 radical (unpaired) electrons. The van der Waals surface area contributed by atoms with Gasteiger partial charge < -0.3 is 5.32 Å². The number of ketones is 1. The second kappa shape index (κ2) is 6.13.